The number of methoxy groups -OCH3 is 1. The van der Waals surface area contributed by atoms with Gasteiger partial charge >= 0.3 is 6.18 Å². The number of carbonyl (C=O) groups excluding carboxylic acids is 1. The SMILES string of the molecule is COc1cc(CO)ccc1C(=O)/C=C/c1ccc(C)c(C(F)(F)F)c1. The van der Waals surface area contributed by atoms with Crippen LogP contribution >= 0.6 is 0 Å². The first-order chi connectivity index (χ1) is 11.8. The lowest BCUT2D eigenvalue weighted by Gasteiger charge is -2.10. The molecule has 2 aromatic carbocycles. The number of ether oxygens (including phenoxy) is 1. The summed E-state index contributed by atoms with van der Waals surface area (Å²) in [6.07, 6.45) is -1.92. The van der Waals surface area contributed by atoms with Gasteiger partial charge < -0.3 is 9.84 Å². The first-order valence-corrected chi connectivity index (χ1v) is 7.44. The summed E-state index contributed by atoms with van der Waals surface area (Å²) in [6, 6.07) is 8.51. The maximum absolute atomic E-state index is 12.9. The molecule has 0 unspecified atom stereocenters. The zero-order valence-corrected chi connectivity index (χ0v) is 13.7. The third-order valence-electron chi connectivity index (χ3n) is 3.71. The Kier molecular flexibility index (Phi) is 5.64. The van der Waals surface area contributed by atoms with Gasteiger partial charge in [0.05, 0.1) is 24.8 Å². The molecule has 25 heavy (non-hydrogen) atoms. The minimum atomic E-state index is -4.44. The molecule has 0 amide bonds. The lowest BCUT2D eigenvalue weighted by Crippen LogP contribution is -2.07. The summed E-state index contributed by atoms with van der Waals surface area (Å²) in [7, 11) is 1.40. The van der Waals surface area contributed by atoms with Crippen LogP contribution in [0.4, 0.5) is 13.2 Å². The number of rotatable bonds is 5. The van der Waals surface area contributed by atoms with Gasteiger partial charge in [-0.1, -0.05) is 24.3 Å². The largest absolute Gasteiger partial charge is 0.496 e. The fourth-order valence-corrected chi connectivity index (χ4v) is 2.35. The van der Waals surface area contributed by atoms with E-state index in [1.807, 2.05) is 0 Å². The van der Waals surface area contributed by atoms with Gasteiger partial charge in [-0.25, -0.2) is 0 Å². The molecule has 0 aliphatic rings. The van der Waals surface area contributed by atoms with E-state index in [4.69, 9.17) is 9.84 Å². The van der Waals surface area contributed by atoms with E-state index in [1.165, 1.54) is 50.5 Å². The molecule has 0 aliphatic carbocycles. The van der Waals surface area contributed by atoms with Gasteiger partial charge in [-0.2, -0.15) is 13.2 Å². The maximum Gasteiger partial charge on any atom is 0.416 e. The van der Waals surface area contributed by atoms with Gasteiger partial charge in [-0.3, -0.25) is 4.79 Å². The highest BCUT2D eigenvalue weighted by atomic mass is 19.4. The van der Waals surface area contributed by atoms with Crippen LogP contribution in [0.3, 0.4) is 0 Å². The molecule has 3 nitrogen and oxygen atoms in total. The van der Waals surface area contributed by atoms with Crippen molar-refractivity contribution >= 4 is 11.9 Å². The first-order valence-electron chi connectivity index (χ1n) is 7.44. The summed E-state index contributed by atoms with van der Waals surface area (Å²) in [5, 5.41) is 9.11. The van der Waals surface area contributed by atoms with Crippen molar-refractivity contribution in [2.24, 2.45) is 0 Å². The molecule has 0 aromatic heterocycles. The molecular weight excluding hydrogens is 333 g/mol. The summed E-state index contributed by atoms with van der Waals surface area (Å²) in [5.41, 5.74) is 0.520. The van der Waals surface area contributed by atoms with E-state index >= 15 is 0 Å². The number of benzene rings is 2. The molecule has 0 atom stereocenters. The maximum atomic E-state index is 12.9. The minimum Gasteiger partial charge on any atom is -0.496 e. The van der Waals surface area contributed by atoms with Crippen LogP contribution in [0.2, 0.25) is 0 Å². The smallest absolute Gasteiger partial charge is 0.416 e. The van der Waals surface area contributed by atoms with Crippen molar-refractivity contribution in [2.45, 2.75) is 19.7 Å². The Morgan fingerprint density at radius 2 is 1.92 bits per heavy atom. The number of carbonyl (C=O) groups is 1. The molecule has 2 rings (SSSR count). The number of aryl methyl sites for hydroxylation is 1. The van der Waals surface area contributed by atoms with Gasteiger partial charge in [-0.15, -0.1) is 0 Å². The van der Waals surface area contributed by atoms with E-state index in [2.05, 4.69) is 0 Å². The average molecular weight is 350 g/mol. The predicted octanol–water partition coefficient (Wildman–Crippen LogP) is 4.41. The van der Waals surface area contributed by atoms with Gasteiger partial charge in [0.2, 0.25) is 0 Å². The van der Waals surface area contributed by atoms with Crippen molar-refractivity contribution in [3.05, 3.63) is 70.3 Å². The van der Waals surface area contributed by atoms with E-state index < -0.39 is 17.5 Å². The fraction of sp³-hybridized carbons (Fsp3) is 0.211. The van der Waals surface area contributed by atoms with E-state index in [9.17, 15) is 18.0 Å². The normalized spacial score (nSPS) is 11.8. The summed E-state index contributed by atoms with van der Waals surface area (Å²) in [5.74, 6) is -0.114. The highest BCUT2D eigenvalue weighted by Gasteiger charge is 2.32. The Morgan fingerprint density at radius 3 is 2.52 bits per heavy atom. The quantitative estimate of drug-likeness (QED) is 0.642. The third kappa shape index (κ3) is 4.48. The Hall–Kier alpha value is -2.60. The monoisotopic (exact) mass is 350 g/mol. The molecule has 0 radical (unpaired) electrons. The van der Waals surface area contributed by atoms with Crippen LogP contribution in [-0.2, 0) is 12.8 Å². The number of allylic oxidation sites excluding steroid dienone is 1. The Morgan fingerprint density at radius 1 is 1.20 bits per heavy atom. The van der Waals surface area contributed by atoms with E-state index in [1.54, 1.807) is 6.07 Å². The molecule has 1 N–H and O–H groups in total. The highest BCUT2D eigenvalue weighted by Crippen LogP contribution is 2.32. The van der Waals surface area contributed by atoms with E-state index in [-0.39, 0.29) is 23.3 Å². The molecule has 0 spiro atoms. The molecule has 2 aromatic rings. The molecular formula is C19H17F3O3. The van der Waals surface area contributed by atoms with E-state index in [0.717, 1.165) is 6.07 Å². The average Bonchev–Trinajstić information content (AvgIpc) is 2.59. The first kappa shape index (κ1) is 18.7. The molecule has 0 heterocycles. The number of aliphatic hydroxyl groups excluding tert-OH is 1. The molecule has 0 saturated carbocycles. The number of aliphatic hydroxyl groups is 1. The summed E-state index contributed by atoms with van der Waals surface area (Å²) in [6.45, 7) is 1.19. The van der Waals surface area contributed by atoms with Crippen molar-refractivity contribution in [3.63, 3.8) is 0 Å². The summed E-state index contributed by atoms with van der Waals surface area (Å²) >= 11 is 0. The molecule has 0 aliphatic heterocycles. The van der Waals surface area contributed by atoms with Crippen molar-refractivity contribution in [1.29, 1.82) is 0 Å². The molecule has 0 saturated heterocycles. The Labute approximate surface area is 143 Å². The number of alkyl halides is 3. The number of hydrogen-bond donors (Lipinski definition) is 1. The molecule has 6 heteroatoms. The van der Waals surface area contributed by atoms with Crippen molar-refractivity contribution in [3.8, 4) is 5.75 Å². The van der Waals surface area contributed by atoms with Crippen LogP contribution in [0.1, 0.15) is 32.6 Å². The van der Waals surface area contributed by atoms with Crippen LogP contribution in [0, 0.1) is 6.92 Å². The van der Waals surface area contributed by atoms with Crippen LogP contribution < -0.4 is 4.74 Å². The number of hydrogen-bond acceptors (Lipinski definition) is 3. The highest BCUT2D eigenvalue weighted by molar-refractivity contribution is 6.08. The second-order valence-electron chi connectivity index (χ2n) is 5.46. The van der Waals surface area contributed by atoms with Gasteiger partial charge in [0, 0.05) is 0 Å². The van der Waals surface area contributed by atoms with Crippen molar-refractivity contribution in [1.82, 2.24) is 0 Å². The second kappa shape index (κ2) is 7.53. The Bertz CT molecular complexity index is 808. The topological polar surface area (TPSA) is 46.5 Å². The second-order valence-corrected chi connectivity index (χ2v) is 5.46. The van der Waals surface area contributed by atoms with Crippen LogP contribution in [0.5, 0.6) is 5.75 Å². The lowest BCUT2D eigenvalue weighted by atomic mass is 10.0. The van der Waals surface area contributed by atoms with Crippen LogP contribution in [0.25, 0.3) is 6.08 Å². The fourth-order valence-electron chi connectivity index (χ4n) is 2.35. The minimum absolute atomic E-state index is 0.122. The van der Waals surface area contributed by atoms with Crippen molar-refractivity contribution in [2.75, 3.05) is 7.11 Å². The van der Waals surface area contributed by atoms with Crippen molar-refractivity contribution < 1.29 is 27.8 Å². The van der Waals surface area contributed by atoms with Crippen LogP contribution in [0.15, 0.2) is 42.5 Å². The van der Waals surface area contributed by atoms with Gasteiger partial charge in [-0.05, 0) is 47.9 Å². The molecule has 0 fully saturated rings. The standard InChI is InChI=1S/C19H17F3O3/c1-12-3-4-13(9-16(12)19(20,21)22)6-8-17(24)15-7-5-14(11-23)10-18(15)25-2/h3-10,23H,11H2,1-2H3/b8-6+. The van der Waals surface area contributed by atoms with Gasteiger partial charge in [0.1, 0.15) is 5.75 Å². The zero-order chi connectivity index (χ0) is 18.6. The third-order valence-corrected chi connectivity index (χ3v) is 3.71. The lowest BCUT2D eigenvalue weighted by molar-refractivity contribution is -0.138. The van der Waals surface area contributed by atoms with Gasteiger partial charge in [0.25, 0.3) is 0 Å². The zero-order valence-electron chi connectivity index (χ0n) is 13.7. The predicted molar refractivity (Wildman–Crippen MR) is 88.5 cm³/mol. The number of halogens is 3. The Balaban J connectivity index is 2.29. The molecule has 0 bridgehead atoms. The summed E-state index contributed by atoms with van der Waals surface area (Å²) < 4.78 is 43.9. The van der Waals surface area contributed by atoms with Gasteiger partial charge in [0.15, 0.2) is 5.78 Å². The van der Waals surface area contributed by atoms with Crippen LogP contribution in [-0.4, -0.2) is 18.0 Å². The molecule has 132 valence electrons. The summed E-state index contributed by atoms with van der Waals surface area (Å²) in [4.78, 5) is 12.3. The van der Waals surface area contributed by atoms with E-state index in [0.29, 0.717) is 11.3 Å². The number of ketones is 1.